The molecule has 0 unspecified atom stereocenters. The lowest BCUT2D eigenvalue weighted by molar-refractivity contribution is 0.112. The first kappa shape index (κ1) is 9.66. The van der Waals surface area contributed by atoms with Gasteiger partial charge in [0, 0.05) is 29.6 Å². The second kappa shape index (κ2) is 3.79. The topological polar surface area (TPSA) is 34.9 Å². The molecule has 1 aliphatic rings. The van der Waals surface area contributed by atoms with Gasteiger partial charge >= 0.3 is 0 Å². The van der Waals surface area contributed by atoms with E-state index in [1.54, 1.807) is 17.8 Å². The Labute approximate surface area is 97.5 Å². The number of hydrogen-bond acceptors (Lipinski definition) is 3. The maximum atomic E-state index is 10.7. The van der Waals surface area contributed by atoms with Crippen molar-refractivity contribution >= 4 is 18.0 Å². The van der Waals surface area contributed by atoms with Gasteiger partial charge in [0.25, 0.3) is 0 Å². The molecule has 0 radical (unpaired) electrons. The van der Waals surface area contributed by atoms with Crippen LogP contribution in [0.15, 0.2) is 35.6 Å². The fourth-order valence-corrected chi connectivity index (χ4v) is 2.76. The van der Waals surface area contributed by atoms with E-state index in [-0.39, 0.29) is 0 Å². The van der Waals surface area contributed by atoms with Crippen molar-refractivity contribution in [3.8, 4) is 11.3 Å². The molecule has 1 aliphatic heterocycles. The number of rotatable bonds is 2. The Morgan fingerprint density at radius 2 is 2.38 bits per heavy atom. The molecule has 3 rings (SSSR count). The second-order valence-corrected chi connectivity index (χ2v) is 4.76. The minimum absolute atomic E-state index is 0.693. The quantitative estimate of drug-likeness (QED) is 0.743. The molecule has 1 aromatic carbocycles. The van der Waals surface area contributed by atoms with Crippen LogP contribution in [0.2, 0.25) is 0 Å². The number of carbonyl (C=O) groups excluding carboxylic acids is 1. The molecule has 80 valence electrons. The summed E-state index contributed by atoms with van der Waals surface area (Å²) >= 11 is 1.78. The highest BCUT2D eigenvalue weighted by Crippen LogP contribution is 2.28. The highest BCUT2D eigenvalue weighted by Gasteiger charge is 2.15. The van der Waals surface area contributed by atoms with Gasteiger partial charge in [-0.15, -0.1) is 0 Å². The number of aromatic nitrogens is 2. The van der Waals surface area contributed by atoms with Gasteiger partial charge in [0.15, 0.2) is 5.16 Å². The van der Waals surface area contributed by atoms with Crippen LogP contribution in [-0.2, 0) is 6.54 Å². The fraction of sp³-hybridized carbons (Fsp3) is 0.167. The number of carbonyl (C=O) groups is 1. The summed E-state index contributed by atoms with van der Waals surface area (Å²) in [5, 5.41) is 1.08. The molecule has 0 fully saturated rings. The van der Waals surface area contributed by atoms with E-state index in [0.29, 0.717) is 5.56 Å². The van der Waals surface area contributed by atoms with Crippen LogP contribution in [0.3, 0.4) is 0 Å². The molecular weight excluding hydrogens is 220 g/mol. The predicted octanol–water partition coefficient (Wildman–Crippen LogP) is 2.47. The molecule has 0 bridgehead atoms. The fourth-order valence-electron chi connectivity index (χ4n) is 1.82. The number of imidazole rings is 1. The average Bonchev–Trinajstić information content (AvgIpc) is 2.89. The minimum atomic E-state index is 0.693. The highest BCUT2D eigenvalue weighted by atomic mass is 32.2. The van der Waals surface area contributed by atoms with Crippen LogP contribution in [0.4, 0.5) is 0 Å². The molecule has 1 aromatic heterocycles. The van der Waals surface area contributed by atoms with E-state index in [2.05, 4.69) is 15.7 Å². The number of aldehydes is 1. The van der Waals surface area contributed by atoms with E-state index in [1.165, 1.54) is 0 Å². The van der Waals surface area contributed by atoms with Crippen LogP contribution in [0, 0.1) is 0 Å². The van der Waals surface area contributed by atoms with Crippen LogP contribution in [-0.4, -0.2) is 21.6 Å². The number of hydrogen-bond donors (Lipinski definition) is 0. The third-order valence-electron chi connectivity index (χ3n) is 2.62. The summed E-state index contributed by atoms with van der Waals surface area (Å²) in [7, 11) is 0. The first-order chi connectivity index (χ1) is 7.86. The third kappa shape index (κ3) is 1.55. The van der Waals surface area contributed by atoms with E-state index < -0.39 is 0 Å². The van der Waals surface area contributed by atoms with Crippen LogP contribution < -0.4 is 0 Å². The number of benzene rings is 1. The van der Waals surface area contributed by atoms with Crippen LogP contribution in [0.25, 0.3) is 11.3 Å². The third-order valence-corrected chi connectivity index (χ3v) is 3.59. The number of nitrogens with zero attached hydrogens (tertiary/aromatic N) is 2. The number of aryl methyl sites for hydroxylation is 1. The molecule has 0 saturated heterocycles. The zero-order valence-corrected chi connectivity index (χ0v) is 9.41. The molecule has 0 amide bonds. The van der Waals surface area contributed by atoms with Gasteiger partial charge in [-0.2, -0.15) is 0 Å². The van der Waals surface area contributed by atoms with Crippen molar-refractivity contribution < 1.29 is 4.79 Å². The van der Waals surface area contributed by atoms with Gasteiger partial charge in [0.05, 0.1) is 5.69 Å². The predicted molar refractivity (Wildman–Crippen MR) is 63.8 cm³/mol. The first-order valence-electron chi connectivity index (χ1n) is 5.12. The smallest absolute Gasteiger partial charge is 0.168 e. The normalized spacial score (nSPS) is 13.8. The molecule has 2 aromatic rings. The molecule has 0 aliphatic carbocycles. The largest absolute Gasteiger partial charge is 0.325 e. The van der Waals surface area contributed by atoms with E-state index >= 15 is 0 Å². The van der Waals surface area contributed by atoms with Crippen molar-refractivity contribution in [1.29, 1.82) is 0 Å². The van der Waals surface area contributed by atoms with Crippen molar-refractivity contribution in [3.05, 3.63) is 36.0 Å². The molecule has 0 atom stereocenters. The Morgan fingerprint density at radius 1 is 1.44 bits per heavy atom. The highest BCUT2D eigenvalue weighted by molar-refractivity contribution is 7.99. The van der Waals surface area contributed by atoms with Crippen molar-refractivity contribution in [1.82, 2.24) is 9.55 Å². The van der Waals surface area contributed by atoms with Crippen molar-refractivity contribution in [3.63, 3.8) is 0 Å². The van der Waals surface area contributed by atoms with Crippen LogP contribution in [0.5, 0.6) is 0 Å². The zero-order chi connectivity index (χ0) is 11.0. The maximum absolute atomic E-state index is 10.7. The summed E-state index contributed by atoms with van der Waals surface area (Å²) in [6.45, 7) is 1.03. The van der Waals surface area contributed by atoms with Crippen molar-refractivity contribution in [2.75, 3.05) is 5.75 Å². The molecule has 0 spiro atoms. The van der Waals surface area contributed by atoms with Gasteiger partial charge in [0.1, 0.15) is 6.29 Å². The molecule has 16 heavy (non-hydrogen) atoms. The zero-order valence-electron chi connectivity index (χ0n) is 8.59. The lowest BCUT2D eigenvalue weighted by atomic mass is 10.1. The second-order valence-electron chi connectivity index (χ2n) is 3.69. The van der Waals surface area contributed by atoms with Gasteiger partial charge in [0.2, 0.25) is 0 Å². The van der Waals surface area contributed by atoms with Crippen LogP contribution >= 0.6 is 11.8 Å². The standard InChI is InChI=1S/C12H10N2OS/c15-8-9-2-1-3-10(6-9)11-7-14-4-5-16-12(14)13-11/h1-3,6-8H,4-5H2. The van der Waals surface area contributed by atoms with Gasteiger partial charge < -0.3 is 4.57 Å². The van der Waals surface area contributed by atoms with E-state index in [4.69, 9.17) is 0 Å². The average molecular weight is 230 g/mol. The van der Waals surface area contributed by atoms with Gasteiger partial charge in [-0.25, -0.2) is 4.98 Å². The summed E-state index contributed by atoms with van der Waals surface area (Å²) in [4.78, 5) is 15.2. The lowest BCUT2D eigenvalue weighted by Gasteiger charge is -1.97. The van der Waals surface area contributed by atoms with E-state index in [0.717, 1.165) is 35.0 Å². The summed E-state index contributed by atoms with van der Waals surface area (Å²) in [6, 6.07) is 7.54. The Balaban J connectivity index is 2.04. The summed E-state index contributed by atoms with van der Waals surface area (Å²) < 4.78 is 2.16. The SMILES string of the molecule is O=Cc1cccc(-c2cn3c(n2)SCC3)c1. The van der Waals surface area contributed by atoms with E-state index in [1.807, 2.05) is 18.2 Å². The van der Waals surface area contributed by atoms with Gasteiger partial charge in [-0.3, -0.25) is 4.79 Å². The Hall–Kier alpha value is -1.55. The van der Waals surface area contributed by atoms with Crippen molar-refractivity contribution in [2.45, 2.75) is 11.7 Å². The number of fused-ring (bicyclic) bond motifs is 1. The van der Waals surface area contributed by atoms with Gasteiger partial charge in [-0.05, 0) is 6.07 Å². The minimum Gasteiger partial charge on any atom is -0.325 e. The molecule has 3 nitrogen and oxygen atoms in total. The summed E-state index contributed by atoms with van der Waals surface area (Å²) in [6.07, 6.45) is 2.92. The maximum Gasteiger partial charge on any atom is 0.168 e. The Morgan fingerprint density at radius 3 is 3.19 bits per heavy atom. The Kier molecular flexibility index (Phi) is 2.29. The Bertz CT molecular complexity index is 526. The molecule has 0 N–H and O–H groups in total. The summed E-state index contributed by atoms with van der Waals surface area (Å²) in [5.74, 6) is 1.11. The number of thioether (sulfide) groups is 1. The molecule has 4 heteroatoms. The molecule has 2 heterocycles. The molecule has 0 saturated carbocycles. The van der Waals surface area contributed by atoms with Gasteiger partial charge in [-0.1, -0.05) is 30.0 Å². The van der Waals surface area contributed by atoms with Crippen molar-refractivity contribution in [2.24, 2.45) is 0 Å². The summed E-state index contributed by atoms with van der Waals surface area (Å²) in [5.41, 5.74) is 2.65. The van der Waals surface area contributed by atoms with Crippen LogP contribution in [0.1, 0.15) is 10.4 Å². The first-order valence-corrected chi connectivity index (χ1v) is 6.11. The lowest BCUT2D eigenvalue weighted by Crippen LogP contribution is -1.89. The molecular formula is C12H10N2OS. The monoisotopic (exact) mass is 230 g/mol. The van der Waals surface area contributed by atoms with E-state index in [9.17, 15) is 4.79 Å².